The molecule has 1 heterocycles. The number of nitrogens with two attached hydrogens (primary N) is 1. The second kappa shape index (κ2) is 4.92. The maximum absolute atomic E-state index is 7.47. The fraction of sp³-hybridized carbons (Fsp3) is 0.500. The summed E-state index contributed by atoms with van der Waals surface area (Å²) in [4.78, 5) is 6.42. The molecule has 1 aliphatic rings. The van der Waals surface area contributed by atoms with E-state index in [-0.39, 0.29) is 5.84 Å². The van der Waals surface area contributed by atoms with E-state index in [0.29, 0.717) is 16.6 Å². The minimum Gasteiger partial charge on any atom is -0.384 e. The summed E-state index contributed by atoms with van der Waals surface area (Å²) in [7, 11) is 2.01. The molecule has 0 spiro atoms. The number of halogens is 1. The van der Waals surface area contributed by atoms with E-state index >= 15 is 0 Å². The van der Waals surface area contributed by atoms with E-state index in [9.17, 15) is 0 Å². The molecule has 1 aromatic heterocycles. The van der Waals surface area contributed by atoms with Crippen LogP contribution in [0.2, 0.25) is 5.02 Å². The standard InChI is InChI=1S/C12H17ClN4/c1-17(8-4-2-3-5-8)12-10(13)9(11(14)15)6-7-16-12/h6-8H,2-5H2,1H3,(H3,14,15). The van der Waals surface area contributed by atoms with E-state index in [4.69, 9.17) is 22.7 Å². The molecule has 5 heteroatoms. The molecule has 0 radical (unpaired) electrons. The predicted octanol–water partition coefficient (Wildman–Crippen LogP) is 2.40. The first-order valence-corrected chi connectivity index (χ1v) is 6.20. The fourth-order valence-corrected chi connectivity index (χ4v) is 2.70. The fourth-order valence-electron chi connectivity index (χ4n) is 2.35. The molecule has 0 unspecified atom stereocenters. The molecule has 4 nitrogen and oxygen atoms in total. The Morgan fingerprint density at radius 2 is 2.18 bits per heavy atom. The average Bonchev–Trinajstić information content (AvgIpc) is 2.81. The van der Waals surface area contributed by atoms with Gasteiger partial charge in [-0.15, -0.1) is 0 Å². The summed E-state index contributed by atoms with van der Waals surface area (Å²) >= 11 is 6.25. The normalized spacial score (nSPS) is 16.1. The van der Waals surface area contributed by atoms with E-state index < -0.39 is 0 Å². The smallest absolute Gasteiger partial charge is 0.148 e. The third-order valence-electron chi connectivity index (χ3n) is 3.37. The van der Waals surface area contributed by atoms with Crippen molar-refractivity contribution < 1.29 is 0 Å². The molecule has 1 fully saturated rings. The molecule has 0 aliphatic heterocycles. The van der Waals surface area contributed by atoms with Gasteiger partial charge in [-0.3, -0.25) is 5.41 Å². The lowest BCUT2D eigenvalue weighted by Gasteiger charge is -2.26. The zero-order valence-electron chi connectivity index (χ0n) is 9.91. The van der Waals surface area contributed by atoms with E-state index in [2.05, 4.69) is 9.88 Å². The van der Waals surface area contributed by atoms with Gasteiger partial charge in [-0.05, 0) is 18.9 Å². The topological polar surface area (TPSA) is 66.0 Å². The van der Waals surface area contributed by atoms with E-state index in [1.165, 1.54) is 25.7 Å². The largest absolute Gasteiger partial charge is 0.384 e. The van der Waals surface area contributed by atoms with E-state index in [0.717, 1.165) is 5.82 Å². The number of rotatable bonds is 3. The summed E-state index contributed by atoms with van der Waals surface area (Å²) < 4.78 is 0. The minimum absolute atomic E-state index is 0.0153. The van der Waals surface area contributed by atoms with Crippen LogP contribution < -0.4 is 10.6 Å². The van der Waals surface area contributed by atoms with Crippen LogP contribution in [-0.4, -0.2) is 23.9 Å². The van der Waals surface area contributed by atoms with Crippen LogP contribution in [0, 0.1) is 5.41 Å². The van der Waals surface area contributed by atoms with Gasteiger partial charge < -0.3 is 10.6 Å². The Balaban J connectivity index is 2.31. The second-order valence-electron chi connectivity index (χ2n) is 4.46. The Morgan fingerprint density at radius 3 is 2.76 bits per heavy atom. The summed E-state index contributed by atoms with van der Waals surface area (Å²) in [6.45, 7) is 0. The third kappa shape index (κ3) is 2.36. The number of aromatic nitrogens is 1. The lowest BCUT2D eigenvalue weighted by Crippen LogP contribution is -2.30. The van der Waals surface area contributed by atoms with Gasteiger partial charge in [0.1, 0.15) is 11.7 Å². The summed E-state index contributed by atoms with van der Waals surface area (Å²) in [5.41, 5.74) is 6.05. The number of nitrogens with one attached hydrogen (secondary N) is 1. The summed E-state index contributed by atoms with van der Waals surface area (Å²) in [6.07, 6.45) is 6.54. The van der Waals surface area contributed by atoms with Gasteiger partial charge >= 0.3 is 0 Å². The van der Waals surface area contributed by atoms with Crippen molar-refractivity contribution in [3.63, 3.8) is 0 Å². The molecule has 1 saturated carbocycles. The Morgan fingerprint density at radius 1 is 1.53 bits per heavy atom. The van der Waals surface area contributed by atoms with Crippen molar-refractivity contribution >= 4 is 23.3 Å². The zero-order valence-corrected chi connectivity index (χ0v) is 10.7. The number of hydrogen-bond acceptors (Lipinski definition) is 3. The Bertz CT molecular complexity index is 427. The summed E-state index contributed by atoms with van der Waals surface area (Å²) in [6, 6.07) is 2.18. The number of amidine groups is 1. The van der Waals surface area contributed by atoms with Gasteiger partial charge in [0.2, 0.25) is 0 Å². The van der Waals surface area contributed by atoms with Crippen LogP contribution in [0.4, 0.5) is 5.82 Å². The van der Waals surface area contributed by atoms with Crippen molar-refractivity contribution in [1.82, 2.24) is 4.98 Å². The van der Waals surface area contributed by atoms with Crippen LogP contribution in [0.25, 0.3) is 0 Å². The van der Waals surface area contributed by atoms with Gasteiger partial charge in [-0.1, -0.05) is 24.4 Å². The molecule has 17 heavy (non-hydrogen) atoms. The molecule has 1 aliphatic carbocycles. The third-order valence-corrected chi connectivity index (χ3v) is 3.74. The van der Waals surface area contributed by atoms with Crippen molar-refractivity contribution in [2.24, 2.45) is 5.73 Å². The van der Waals surface area contributed by atoms with Crippen molar-refractivity contribution in [3.8, 4) is 0 Å². The van der Waals surface area contributed by atoms with Gasteiger partial charge in [0.25, 0.3) is 0 Å². The predicted molar refractivity (Wildman–Crippen MR) is 70.9 cm³/mol. The minimum atomic E-state index is -0.0153. The molecule has 2 rings (SSSR count). The van der Waals surface area contributed by atoms with Gasteiger partial charge in [0, 0.05) is 24.8 Å². The monoisotopic (exact) mass is 252 g/mol. The number of anilines is 1. The van der Waals surface area contributed by atoms with Crippen molar-refractivity contribution in [2.75, 3.05) is 11.9 Å². The number of nitrogens with zero attached hydrogens (tertiary/aromatic N) is 2. The van der Waals surface area contributed by atoms with Crippen molar-refractivity contribution in [3.05, 3.63) is 22.8 Å². The van der Waals surface area contributed by atoms with Crippen molar-refractivity contribution in [1.29, 1.82) is 5.41 Å². The highest BCUT2D eigenvalue weighted by atomic mass is 35.5. The lowest BCUT2D eigenvalue weighted by atomic mass is 10.2. The van der Waals surface area contributed by atoms with Crippen LogP contribution in [-0.2, 0) is 0 Å². The van der Waals surface area contributed by atoms with E-state index in [1.54, 1.807) is 12.3 Å². The van der Waals surface area contributed by atoms with E-state index in [1.807, 2.05) is 7.05 Å². The zero-order chi connectivity index (χ0) is 12.4. The van der Waals surface area contributed by atoms with Gasteiger partial charge in [0.15, 0.2) is 0 Å². The molecule has 0 saturated heterocycles. The molecule has 0 amide bonds. The van der Waals surface area contributed by atoms with Crippen LogP contribution in [0.15, 0.2) is 12.3 Å². The molecule has 1 aromatic rings. The molecule has 92 valence electrons. The van der Waals surface area contributed by atoms with Gasteiger partial charge in [0.05, 0.1) is 5.02 Å². The Labute approximate surface area is 106 Å². The second-order valence-corrected chi connectivity index (χ2v) is 4.84. The molecule has 0 aromatic carbocycles. The first kappa shape index (κ1) is 12.2. The number of nitrogen functional groups attached to an aromatic ring is 1. The van der Waals surface area contributed by atoms with Crippen LogP contribution >= 0.6 is 11.6 Å². The quantitative estimate of drug-likeness (QED) is 0.641. The van der Waals surface area contributed by atoms with Gasteiger partial charge in [-0.25, -0.2) is 4.98 Å². The highest BCUT2D eigenvalue weighted by molar-refractivity contribution is 6.36. The Kier molecular flexibility index (Phi) is 3.52. The molecule has 0 bridgehead atoms. The highest BCUT2D eigenvalue weighted by Gasteiger charge is 2.23. The number of pyridine rings is 1. The van der Waals surface area contributed by atoms with Gasteiger partial charge in [-0.2, -0.15) is 0 Å². The van der Waals surface area contributed by atoms with Crippen LogP contribution in [0.1, 0.15) is 31.2 Å². The first-order valence-electron chi connectivity index (χ1n) is 5.83. The lowest BCUT2D eigenvalue weighted by molar-refractivity contribution is 0.646. The molecule has 0 atom stereocenters. The maximum Gasteiger partial charge on any atom is 0.148 e. The summed E-state index contributed by atoms with van der Waals surface area (Å²) in [5.74, 6) is 0.713. The van der Waals surface area contributed by atoms with Crippen LogP contribution in [0.5, 0.6) is 0 Å². The molecular formula is C12H17ClN4. The van der Waals surface area contributed by atoms with Crippen molar-refractivity contribution in [2.45, 2.75) is 31.7 Å². The molecular weight excluding hydrogens is 236 g/mol. The average molecular weight is 253 g/mol. The highest BCUT2D eigenvalue weighted by Crippen LogP contribution is 2.31. The molecule has 3 N–H and O–H groups in total. The Hall–Kier alpha value is -1.29. The van der Waals surface area contributed by atoms with Crippen LogP contribution in [0.3, 0.4) is 0 Å². The summed E-state index contributed by atoms with van der Waals surface area (Å²) in [5, 5.41) is 7.95. The SMILES string of the molecule is CN(c1nccc(C(=N)N)c1Cl)C1CCCC1. The maximum atomic E-state index is 7.47. The first-order chi connectivity index (χ1) is 8.11. The number of hydrogen-bond donors (Lipinski definition) is 2.